The minimum Gasteiger partial charge on any atom is -0.457 e. The first-order valence-corrected chi connectivity index (χ1v) is 5.47. The average molecular weight is 248 g/mol. The van der Waals surface area contributed by atoms with E-state index in [1.165, 1.54) is 6.92 Å². The van der Waals surface area contributed by atoms with Gasteiger partial charge in [-0.1, -0.05) is 0 Å². The summed E-state index contributed by atoms with van der Waals surface area (Å²) in [5.74, 6) is -0.361. The Morgan fingerprint density at radius 2 is 1.59 bits per heavy atom. The fourth-order valence-electron chi connectivity index (χ4n) is 2.02. The molecule has 1 fully saturated rings. The Balaban J connectivity index is 2.73. The van der Waals surface area contributed by atoms with Gasteiger partial charge in [-0.2, -0.15) is 0 Å². The minimum absolute atomic E-state index is 0.255. The maximum absolute atomic E-state index is 11.1. The van der Waals surface area contributed by atoms with Crippen molar-refractivity contribution < 1.29 is 28.5 Å². The normalized spacial score (nSPS) is 32.7. The summed E-state index contributed by atoms with van der Waals surface area (Å²) in [4.78, 5) is 11.1. The second-order valence-corrected chi connectivity index (χ2v) is 3.90. The number of carbonyl (C=O) groups excluding carboxylic acids is 1. The summed E-state index contributed by atoms with van der Waals surface area (Å²) in [6, 6.07) is 0. The molecule has 0 aliphatic carbocycles. The zero-order chi connectivity index (χ0) is 12.8. The molecule has 0 saturated carbocycles. The van der Waals surface area contributed by atoms with Gasteiger partial charge in [0.05, 0.1) is 13.2 Å². The summed E-state index contributed by atoms with van der Waals surface area (Å²) in [6.07, 6.45) is -1.37. The average Bonchev–Trinajstić information content (AvgIpc) is 2.57. The van der Waals surface area contributed by atoms with Crippen LogP contribution in [0.5, 0.6) is 0 Å². The zero-order valence-corrected chi connectivity index (χ0v) is 10.7. The van der Waals surface area contributed by atoms with Crippen molar-refractivity contribution in [2.75, 3.05) is 34.5 Å². The maximum Gasteiger partial charge on any atom is 0.303 e. The number of ether oxygens (including phenoxy) is 5. The molecule has 0 bridgehead atoms. The van der Waals surface area contributed by atoms with Gasteiger partial charge in [-0.15, -0.1) is 0 Å². The third-order valence-electron chi connectivity index (χ3n) is 2.64. The van der Waals surface area contributed by atoms with Gasteiger partial charge in [-0.05, 0) is 0 Å². The largest absolute Gasteiger partial charge is 0.457 e. The third kappa shape index (κ3) is 3.64. The van der Waals surface area contributed by atoms with Crippen LogP contribution in [0.3, 0.4) is 0 Å². The highest BCUT2D eigenvalue weighted by molar-refractivity contribution is 5.66. The van der Waals surface area contributed by atoms with Crippen molar-refractivity contribution in [3.63, 3.8) is 0 Å². The molecule has 6 nitrogen and oxygen atoms in total. The van der Waals surface area contributed by atoms with E-state index in [0.29, 0.717) is 13.2 Å². The molecular weight excluding hydrogens is 228 g/mol. The molecule has 1 aliphatic heterocycles. The van der Waals surface area contributed by atoms with Gasteiger partial charge in [-0.3, -0.25) is 4.79 Å². The molecule has 100 valence electrons. The van der Waals surface area contributed by atoms with Gasteiger partial charge < -0.3 is 23.7 Å². The molecule has 0 spiro atoms. The summed E-state index contributed by atoms with van der Waals surface area (Å²) in [7, 11) is 4.71. The van der Waals surface area contributed by atoms with Crippen LogP contribution in [-0.4, -0.2) is 64.9 Å². The van der Waals surface area contributed by atoms with E-state index in [1.807, 2.05) is 0 Å². The van der Waals surface area contributed by atoms with Gasteiger partial charge in [0, 0.05) is 28.3 Å². The molecule has 1 saturated heterocycles. The lowest BCUT2D eigenvalue weighted by atomic mass is 10.1. The second-order valence-electron chi connectivity index (χ2n) is 3.90. The number of carbonyl (C=O) groups is 1. The topological polar surface area (TPSA) is 63.2 Å². The van der Waals surface area contributed by atoms with Gasteiger partial charge in [0.25, 0.3) is 0 Å². The first-order valence-electron chi connectivity index (χ1n) is 5.47. The van der Waals surface area contributed by atoms with Crippen LogP contribution in [0.2, 0.25) is 0 Å². The fourth-order valence-corrected chi connectivity index (χ4v) is 2.02. The Hall–Kier alpha value is -0.690. The van der Waals surface area contributed by atoms with Crippen molar-refractivity contribution in [2.45, 2.75) is 31.3 Å². The van der Waals surface area contributed by atoms with E-state index in [2.05, 4.69) is 0 Å². The molecule has 0 aromatic rings. The molecule has 4 unspecified atom stereocenters. The van der Waals surface area contributed by atoms with E-state index in [0.717, 1.165) is 0 Å². The summed E-state index contributed by atoms with van der Waals surface area (Å²) in [5.41, 5.74) is 0. The Bertz CT molecular complexity index is 244. The predicted molar refractivity (Wildman–Crippen MR) is 58.8 cm³/mol. The van der Waals surface area contributed by atoms with Crippen molar-refractivity contribution in [3.8, 4) is 0 Å². The molecule has 1 heterocycles. The van der Waals surface area contributed by atoms with Crippen molar-refractivity contribution in [1.82, 2.24) is 0 Å². The molecule has 1 rings (SSSR count). The maximum atomic E-state index is 11.1. The SMILES string of the molecule is COCC1OC(COC)C(OC(C)=O)C1OC. The highest BCUT2D eigenvalue weighted by Gasteiger charge is 2.47. The molecule has 4 atom stereocenters. The smallest absolute Gasteiger partial charge is 0.303 e. The van der Waals surface area contributed by atoms with E-state index in [-0.39, 0.29) is 24.3 Å². The van der Waals surface area contributed by atoms with E-state index >= 15 is 0 Å². The van der Waals surface area contributed by atoms with Crippen LogP contribution in [0.25, 0.3) is 0 Å². The number of rotatable bonds is 6. The standard InChI is InChI=1S/C11H20O6/c1-7(12)16-11-9(6-14-3)17-8(5-13-2)10(11)15-4/h8-11H,5-6H2,1-4H3. The molecule has 0 aromatic heterocycles. The number of methoxy groups -OCH3 is 3. The lowest BCUT2D eigenvalue weighted by Gasteiger charge is -2.22. The summed E-state index contributed by atoms with van der Waals surface area (Å²) in [6.45, 7) is 2.09. The molecule has 17 heavy (non-hydrogen) atoms. The van der Waals surface area contributed by atoms with Crippen molar-refractivity contribution in [2.24, 2.45) is 0 Å². The Morgan fingerprint density at radius 1 is 1.06 bits per heavy atom. The molecule has 0 amide bonds. The summed E-state index contributed by atoms with van der Waals surface area (Å²) >= 11 is 0. The number of hydrogen-bond donors (Lipinski definition) is 0. The van der Waals surface area contributed by atoms with Crippen LogP contribution >= 0.6 is 0 Å². The highest BCUT2D eigenvalue weighted by Crippen LogP contribution is 2.26. The molecule has 0 radical (unpaired) electrons. The van der Waals surface area contributed by atoms with Crippen LogP contribution in [0.15, 0.2) is 0 Å². The molecular formula is C11H20O6. The minimum atomic E-state index is -0.461. The fraction of sp³-hybridized carbons (Fsp3) is 0.909. The monoisotopic (exact) mass is 248 g/mol. The Morgan fingerprint density at radius 3 is 2.00 bits per heavy atom. The highest BCUT2D eigenvalue weighted by atomic mass is 16.6. The van der Waals surface area contributed by atoms with Gasteiger partial charge in [0.15, 0.2) is 6.10 Å². The number of hydrogen-bond acceptors (Lipinski definition) is 6. The first-order chi connectivity index (χ1) is 8.13. The van der Waals surface area contributed by atoms with E-state index < -0.39 is 6.10 Å². The van der Waals surface area contributed by atoms with Gasteiger partial charge >= 0.3 is 5.97 Å². The Kier molecular flexibility index (Phi) is 5.84. The van der Waals surface area contributed by atoms with Crippen LogP contribution < -0.4 is 0 Å². The first kappa shape index (κ1) is 14.4. The molecule has 6 heteroatoms. The van der Waals surface area contributed by atoms with Crippen LogP contribution in [-0.2, 0) is 28.5 Å². The number of esters is 1. The molecule has 1 aliphatic rings. The van der Waals surface area contributed by atoms with Gasteiger partial charge in [0.1, 0.15) is 18.3 Å². The van der Waals surface area contributed by atoms with Crippen LogP contribution in [0, 0.1) is 0 Å². The van der Waals surface area contributed by atoms with E-state index in [4.69, 9.17) is 23.7 Å². The van der Waals surface area contributed by atoms with Gasteiger partial charge in [-0.25, -0.2) is 0 Å². The van der Waals surface area contributed by atoms with Crippen molar-refractivity contribution >= 4 is 5.97 Å². The van der Waals surface area contributed by atoms with Gasteiger partial charge in [0.2, 0.25) is 0 Å². The molecule has 0 aromatic carbocycles. The van der Waals surface area contributed by atoms with Crippen molar-refractivity contribution in [3.05, 3.63) is 0 Å². The molecule has 0 N–H and O–H groups in total. The second kappa shape index (κ2) is 6.90. The van der Waals surface area contributed by atoms with Crippen molar-refractivity contribution in [1.29, 1.82) is 0 Å². The van der Waals surface area contributed by atoms with E-state index in [1.54, 1.807) is 21.3 Å². The van der Waals surface area contributed by atoms with Crippen LogP contribution in [0.4, 0.5) is 0 Å². The van der Waals surface area contributed by atoms with E-state index in [9.17, 15) is 4.79 Å². The zero-order valence-electron chi connectivity index (χ0n) is 10.7. The Labute approximate surface area is 101 Å². The third-order valence-corrected chi connectivity index (χ3v) is 2.64. The quantitative estimate of drug-likeness (QED) is 0.616. The summed E-state index contributed by atoms with van der Waals surface area (Å²) < 4.78 is 26.4. The van der Waals surface area contributed by atoms with Crippen LogP contribution in [0.1, 0.15) is 6.92 Å². The summed E-state index contributed by atoms with van der Waals surface area (Å²) in [5, 5.41) is 0. The lowest BCUT2D eigenvalue weighted by Crippen LogP contribution is -2.40. The predicted octanol–water partition coefficient (Wildman–Crippen LogP) is -0.00670. The lowest BCUT2D eigenvalue weighted by molar-refractivity contribution is -0.155.